The van der Waals surface area contributed by atoms with E-state index < -0.39 is 5.60 Å². The van der Waals surface area contributed by atoms with Crippen molar-refractivity contribution in [3.8, 4) is 0 Å². The average molecular weight is 299 g/mol. The topological polar surface area (TPSA) is 52.6 Å². The van der Waals surface area contributed by atoms with Crippen LogP contribution in [0, 0.1) is 6.92 Å². The average Bonchev–Trinajstić information content (AvgIpc) is 2.31. The number of carbonyl (C=O) groups excluding carboxylic acids is 1. The highest BCUT2D eigenvalue weighted by atomic mass is 35.5. The normalized spacial score (nSPS) is 11.8. The number of halogens is 1. The Morgan fingerprint density at radius 3 is 2.60 bits per heavy atom. The third-order valence-corrected chi connectivity index (χ3v) is 3.23. The minimum absolute atomic E-state index is 0.132. The number of amides is 1. The lowest BCUT2D eigenvalue weighted by Crippen LogP contribution is -2.42. The summed E-state index contributed by atoms with van der Waals surface area (Å²) in [6.45, 7) is 8.68. The van der Waals surface area contributed by atoms with Gasteiger partial charge in [-0.15, -0.1) is 0 Å². The number of aliphatic hydroxyl groups is 1. The minimum Gasteiger partial charge on any atom is -0.389 e. The second-order valence-corrected chi connectivity index (χ2v) is 6.00. The van der Waals surface area contributed by atoms with E-state index in [1.165, 1.54) is 0 Å². The zero-order valence-electron chi connectivity index (χ0n) is 12.5. The molecule has 0 aromatic heterocycles. The smallest absolute Gasteiger partial charge is 0.238 e. The molecular weight excluding hydrogens is 276 g/mol. The van der Waals surface area contributed by atoms with Gasteiger partial charge in [0.1, 0.15) is 0 Å². The van der Waals surface area contributed by atoms with Crippen LogP contribution in [0.3, 0.4) is 0 Å². The predicted molar refractivity (Wildman–Crippen MR) is 83.2 cm³/mol. The van der Waals surface area contributed by atoms with Crippen molar-refractivity contribution in [2.75, 3.05) is 25.0 Å². The summed E-state index contributed by atoms with van der Waals surface area (Å²) in [7, 11) is 0. The number of hydrogen-bond donors (Lipinski definition) is 2. The lowest BCUT2D eigenvalue weighted by atomic mass is 10.1. The molecule has 1 aromatic carbocycles. The number of hydrogen-bond acceptors (Lipinski definition) is 3. The van der Waals surface area contributed by atoms with Gasteiger partial charge >= 0.3 is 0 Å². The van der Waals surface area contributed by atoms with Gasteiger partial charge in [-0.05, 0) is 38.9 Å². The van der Waals surface area contributed by atoms with Crippen LogP contribution in [0.25, 0.3) is 0 Å². The predicted octanol–water partition coefficient (Wildman–Crippen LogP) is 2.68. The fourth-order valence-corrected chi connectivity index (χ4v) is 2.27. The van der Waals surface area contributed by atoms with Crippen molar-refractivity contribution in [1.82, 2.24) is 4.90 Å². The summed E-state index contributed by atoms with van der Waals surface area (Å²) in [6.07, 6.45) is 0. The van der Waals surface area contributed by atoms with Crippen molar-refractivity contribution in [2.45, 2.75) is 33.3 Å². The SMILES string of the molecule is CCN(CC(=O)Nc1c(C)cccc1Cl)CC(C)(C)O. The van der Waals surface area contributed by atoms with Crippen LogP contribution in [0.1, 0.15) is 26.3 Å². The monoisotopic (exact) mass is 298 g/mol. The summed E-state index contributed by atoms with van der Waals surface area (Å²) in [5.74, 6) is -0.132. The first-order chi connectivity index (χ1) is 9.23. The van der Waals surface area contributed by atoms with Crippen LogP contribution in [-0.2, 0) is 4.79 Å². The molecule has 4 nitrogen and oxygen atoms in total. The van der Waals surface area contributed by atoms with Crippen molar-refractivity contribution in [1.29, 1.82) is 0 Å². The summed E-state index contributed by atoms with van der Waals surface area (Å²) < 4.78 is 0. The molecular formula is C15H23ClN2O2. The number of aryl methyl sites for hydroxylation is 1. The quantitative estimate of drug-likeness (QED) is 0.849. The van der Waals surface area contributed by atoms with Crippen molar-refractivity contribution in [3.05, 3.63) is 28.8 Å². The van der Waals surface area contributed by atoms with Crippen LogP contribution in [-0.4, -0.2) is 41.1 Å². The van der Waals surface area contributed by atoms with Gasteiger partial charge in [0.05, 0.1) is 22.9 Å². The van der Waals surface area contributed by atoms with Crippen molar-refractivity contribution < 1.29 is 9.90 Å². The zero-order chi connectivity index (χ0) is 15.3. The first kappa shape index (κ1) is 17.0. The van der Waals surface area contributed by atoms with Crippen molar-refractivity contribution in [3.63, 3.8) is 0 Å². The molecule has 1 rings (SSSR count). The number of anilines is 1. The largest absolute Gasteiger partial charge is 0.389 e. The molecule has 0 fully saturated rings. The molecule has 0 aliphatic rings. The molecule has 20 heavy (non-hydrogen) atoms. The van der Waals surface area contributed by atoms with Crippen LogP contribution < -0.4 is 5.32 Å². The van der Waals surface area contributed by atoms with E-state index in [2.05, 4.69) is 5.32 Å². The Balaban J connectivity index is 2.67. The van der Waals surface area contributed by atoms with Gasteiger partial charge in [0, 0.05) is 6.54 Å². The number of likely N-dealkylation sites (N-methyl/N-ethyl adjacent to an activating group) is 1. The Morgan fingerprint density at radius 2 is 2.10 bits per heavy atom. The molecule has 0 heterocycles. The molecule has 0 radical (unpaired) electrons. The van der Waals surface area contributed by atoms with Crippen LogP contribution in [0.15, 0.2) is 18.2 Å². The maximum absolute atomic E-state index is 12.1. The highest BCUT2D eigenvalue weighted by Crippen LogP contribution is 2.25. The van der Waals surface area contributed by atoms with E-state index in [9.17, 15) is 9.90 Å². The molecule has 0 bridgehead atoms. The molecule has 1 aromatic rings. The maximum Gasteiger partial charge on any atom is 0.238 e. The zero-order valence-corrected chi connectivity index (χ0v) is 13.3. The highest BCUT2D eigenvalue weighted by Gasteiger charge is 2.19. The Hall–Kier alpha value is -1.10. The molecule has 0 unspecified atom stereocenters. The summed E-state index contributed by atoms with van der Waals surface area (Å²) >= 11 is 6.08. The standard InChI is InChI=1S/C15H23ClN2O2/c1-5-18(10-15(3,4)20)9-13(19)17-14-11(2)7-6-8-12(14)16/h6-8,20H,5,9-10H2,1-4H3,(H,17,19). The number of para-hydroxylation sites is 1. The molecule has 0 saturated heterocycles. The lowest BCUT2D eigenvalue weighted by molar-refractivity contribution is -0.117. The first-order valence-electron chi connectivity index (χ1n) is 6.72. The molecule has 2 N–H and O–H groups in total. The van der Waals surface area contributed by atoms with Gasteiger partial charge in [0.15, 0.2) is 0 Å². The third kappa shape index (κ3) is 5.49. The Kier molecular flexibility index (Phi) is 5.99. The molecule has 0 atom stereocenters. The second-order valence-electron chi connectivity index (χ2n) is 5.60. The number of rotatable bonds is 6. The van der Waals surface area contributed by atoms with Crippen LogP contribution in [0.5, 0.6) is 0 Å². The van der Waals surface area contributed by atoms with Crippen molar-refractivity contribution >= 4 is 23.2 Å². The number of nitrogens with one attached hydrogen (secondary N) is 1. The van der Waals surface area contributed by atoms with E-state index in [0.717, 1.165) is 5.56 Å². The fourth-order valence-electron chi connectivity index (χ4n) is 2.00. The number of nitrogens with zero attached hydrogens (tertiary/aromatic N) is 1. The van der Waals surface area contributed by atoms with Gasteiger partial charge in [-0.3, -0.25) is 9.69 Å². The summed E-state index contributed by atoms with van der Waals surface area (Å²) in [4.78, 5) is 14.0. The number of benzene rings is 1. The molecule has 0 aliphatic heterocycles. The van der Waals surface area contributed by atoms with Gasteiger partial charge in [-0.2, -0.15) is 0 Å². The molecule has 5 heteroatoms. The molecule has 112 valence electrons. The summed E-state index contributed by atoms with van der Waals surface area (Å²) in [6, 6.07) is 5.49. The van der Waals surface area contributed by atoms with E-state index in [1.54, 1.807) is 19.9 Å². The van der Waals surface area contributed by atoms with Crippen LogP contribution >= 0.6 is 11.6 Å². The van der Waals surface area contributed by atoms with E-state index in [4.69, 9.17) is 11.6 Å². The van der Waals surface area contributed by atoms with E-state index >= 15 is 0 Å². The van der Waals surface area contributed by atoms with Crippen molar-refractivity contribution in [2.24, 2.45) is 0 Å². The molecule has 0 spiro atoms. The summed E-state index contributed by atoms with van der Waals surface area (Å²) in [5, 5.41) is 13.2. The lowest BCUT2D eigenvalue weighted by Gasteiger charge is -2.27. The first-order valence-corrected chi connectivity index (χ1v) is 7.10. The van der Waals surface area contributed by atoms with Gasteiger partial charge in [-0.1, -0.05) is 30.7 Å². The van der Waals surface area contributed by atoms with Gasteiger partial charge in [-0.25, -0.2) is 0 Å². The number of carbonyl (C=O) groups is 1. The van der Waals surface area contributed by atoms with Gasteiger partial charge in [0.2, 0.25) is 5.91 Å². The van der Waals surface area contributed by atoms with E-state index in [0.29, 0.717) is 23.8 Å². The van der Waals surface area contributed by atoms with E-state index in [-0.39, 0.29) is 12.5 Å². The van der Waals surface area contributed by atoms with Crippen LogP contribution in [0.4, 0.5) is 5.69 Å². The highest BCUT2D eigenvalue weighted by molar-refractivity contribution is 6.33. The molecule has 0 saturated carbocycles. The summed E-state index contributed by atoms with van der Waals surface area (Å²) in [5.41, 5.74) is 0.756. The Morgan fingerprint density at radius 1 is 1.45 bits per heavy atom. The van der Waals surface area contributed by atoms with Gasteiger partial charge < -0.3 is 10.4 Å². The molecule has 0 aliphatic carbocycles. The minimum atomic E-state index is -0.823. The fraction of sp³-hybridized carbons (Fsp3) is 0.533. The second kappa shape index (κ2) is 7.07. The maximum atomic E-state index is 12.1. The van der Waals surface area contributed by atoms with Crippen LogP contribution in [0.2, 0.25) is 5.02 Å². The Bertz CT molecular complexity index is 449. The van der Waals surface area contributed by atoms with Gasteiger partial charge in [0.25, 0.3) is 0 Å². The van der Waals surface area contributed by atoms with E-state index in [1.807, 2.05) is 30.9 Å². The molecule has 1 amide bonds. The Labute approximate surface area is 125 Å². The third-order valence-electron chi connectivity index (χ3n) is 2.91.